The number of ether oxygens (including phenoxy) is 2. The van der Waals surface area contributed by atoms with Crippen molar-refractivity contribution < 1.29 is 14.3 Å². The third-order valence-corrected chi connectivity index (χ3v) is 6.58. The Morgan fingerprint density at radius 3 is 2.38 bits per heavy atom. The lowest BCUT2D eigenvalue weighted by Gasteiger charge is -2.12. The zero-order valence-electron chi connectivity index (χ0n) is 22.1. The molecule has 0 aliphatic heterocycles. The van der Waals surface area contributed by atoms with Gasteiger partial charge in [-0.05, 0) is 72.9 Å². The maximum Gasteiger partial charge on any atom is 0.251 e. The van der Waals surface area contributed by atoms with Crippen LogP contribution in [-0.4, -0.2) is 35.7 Å². The van der Waals surface area contributed by atoms with Gasteiger partial charge in [-0.15, -0.1) is 0 Å². The minimum absolute atomic E-state index is 0.0525. The van der Waals surface area contributed by atoms with Crippen molar-refractivity contribution in [2.24, 2.45) is 0 Å². The number of carbonyl (C=O) groups excluding carboxylic acids is 1. The van der Waals surface area contributed by atoms with Gasteiger partial charge in [0.05, 0.1) is 24.7 Å². The number of hydrogen-bond donors (Lipinski definition) is 1. The minimum Gasteiger partial charge on any atom is -0.497 e. The number of para-hydroxylation sites is 2. The molecule has 0 atom stereocenters. The summed E-state index contributed by atoms with van der Waals surface area (Å²) in [5.41, 5.74) is 4.12. The van der Waals surface area contributed by atoms with Gasteiger partial charge in [-0.3, -0.25) is 4.79 Å². The number of nitrogens with zero attached hydrogens (tertiary/aromatic N) is 2. The Hall–Kier alpha value is -3.80. The number of hydrogen-bond acceptors (Lipinski definition) is 4. The van der Waals surface area contributed by atoms with Gasteiger partial charge in [-0.25, -0.2) is 4.98 Å². The van der Waals surface area contributed by atoms with E-state index in [0.717, 1.165) is 60.6 Å². The van der Waals surface area contributed by atoms with Crippen molar-refractivity contribution in [2.45, 2.75) is 52.0 Å². The minimum atomic E-state index is -0.0525. The van der Waals surface area contributed by atoms with E-state index in [1.54, 1.807) is 31.4 Å². The summed E-state index contributed by atoms with van der Waals surface area (Å²) in [5.74, 6) is 3.19. The van der Waals surface area contributed by atoms with E-state index in [1.165, 1.54) is 5.56 Å². The van der Waals surface area contributed by atoms with Gasteiger partial charge < -0.3 is 19.4 Å². The zero-order valence-corrected chi connectivity index (χ0v) is 22.1. The number of benzene rings is 3. The van der Waals surface area contributed by atoms with Gasteiger partial charge in [0.15, 0.2) is 0 Å². The van der Waals surface area contributed by atoms with E-state index in [0.29, 0.717) is 24.6 Å². The number of carbonyl (C=O) groups is 1. The number of methoxy groups -OCH3 is 1. The Balaban J connectivity index is 1.25. The Morgan fingerprint density at radius 1 is 0.919 bits per heavy atom. The van der Waals surface area contributed by atoms with E-state index < -0.39 is 0 Å². The van der Waals surface area contributed by atoms with Gasteiger partial charge >= 0.3 is 0 Å². The van der Waals surface area contributed by atoms with Crippen molar-refractivity contribution >= 4 is 16.9 Å². The molecule has 4 aromatic rings. The van der Waals surface area contributed by atoms with Crippen LogP contribution in [0.2, 0.25) is 0 Å². The highest BCUT2D eigenvalue weighted by Crippen LogP contribution is 2.20. The van der Waals surface area contributed by atoms with Crippen LogP contribution in [0.25, 0.3) is 11.0 Å². The Labute approximate surface area is 219 Å². The molecule has 0 aliphatic rings. The molecule has 6 heteroatoms. The molecule has 1 amide bonds. The summed E-state index contributed by atoms with van der Waals surface area (Å²) in [7, 11) is 1.62. The van der Waals surface area contributed by atoms with Crippen molar-refractivity contribution in [2.75, 3.05) is 20.3 Å². The van der Waals surface area contributed by atoms with Crippen LogP contribution in [0, 0.1) is 0 Å². The van der Waals surface area contributed by atoms with E-state index in [-0.39, 0.29) is 5.91 Å². The van der Waals surface area contributed by atoms with Crippen LogP contribution in [-0.2, 0) is 13.0 Å². The molecule has 0 saturated heterocycles. The average Bonchev–Trinajstić information content (AvgIpc) is 3.28. The normalized spacial score (nSPS) is 11.1. The van der Waals surface area contributed by atoms with E-state index in [9.17, 15) is 4.79 Å². The fourth-order valence-corrected chi connectivity index (χ4v) is 4.40. The molecule has 1 N–H and O–H groups in total. The number of aryl methyl sites for hydroxylation is 1. The van der Waals surface area contributed by atoms with E-state index >= 15 is 0 Å². The maximum atomic E-state index is 12.3. The molecule has 0 bridgehead atoms. The molecule has 0 spiro atoms. The van der Waals surface area contributed by atoms with Crippen LogP contribution >= 0.6 is 0 Å². The zero-order chi connectivity index (χ0) is 26.0. The van der Waals surface area contributed by atoms with Crippen LogP contribution in [0.4, 0.5) is 0 Å². The van der Waals surface area contributed by atoms with Crippen molar-refractivity contribution in [3.8, 4) is 11.5 Å². The van der Waals surface area contributed by atoms with E-state index in [2.05, 4.69) is 66.2 Å². The van der Waals surface area contributed by atoms with Gasteiger partial charge in [0, 0.05) is 18.5 Å². The lowest BCUT2D eigenvalue weighted by Crippen LogP contribution is -2.24. The second-order valence-corrected chi connectivity index (χ2v) is 9.54. The number of aromatic nitrogens is 2. The predicted octanol–water partition coefficient (Wildman–Crippen LogP) is 6.39. The standard InChI is InChI=1S/C31H37N3O3/c1-23(2)24-12-18-27(19-13-24)37-22-21-34-29-10-7-6-9-28(29)33-30(34)11-5-4-8-20-32-31(35)25-14-16-26(36-3)17-15-25/h6-7,9-10,12-19,23H,4-5,8,11,20-22H2,1-3H3,(H,32,35). The number of imidazole rings is 1. The smallest absolute Gasteiger partial charge is 0.251 e. The van der Waals surface area contributed by atoms with Crippen LogP contribution in [0.15, 0.2) is 72.8 Å². The number of nitrogens with one attached hydrogen (secondary N) is 1. The predicted molar refractivity (Wildman–Crippen MR) is 149 cm³/mol. The monoisotopic (exact) mass is 499 g/mol. The van der Waals surface area contributed by atoms with Gasteiger partial charge in [0.1, 0.15) is 23.9 Å². The number of unbranched alkanes of at least 4 members (excludes halogenated alkanes) is 2. The lowest BCUT2D eigenvalue weighted by molar-refractivity contribution is 0.0953. The summed E-state index contributed by atoms with van der Waals surface area (Å²) in [6, 6.07) is 23.8. The van der Waals surface area contributed by atoms with Gasteiger partial charge in [-0.1, -0.05) is 44.5 Å². The highest BCUT2D eigenvalue weighted by atomic mass is 16.5. The van der Waals surface area contributed by atoms with Crippen molar-refractivity contribution in [1.29, 1.82) is 0 Å². The first kappa shape index (κ1) is 26.3. The van der Waals surface area contributed by atoms with Gasteiger partial charge in [0.2, 0.25) is 0 Å². The molecule has 3 aromatic carbocycles. The van der Waals surface area contributed by atoms with Crippen molar-refractivity contribution in [3.63, 3.8) is 0 Å². The van der Waals surface area contributed by atoms with Gasteiger partial charge in [0.25, 0.3) is 5.91 Å². The molecule has 4 rings (SSSR count). The fourth-order valence-electron chi connectivity index (χ4n) is 4.40. The van der Waals surface area contributed by atoms with Gasteiger partial charge in [-0.2, -0.15) is 0 Å². The number of fused-ring (bicyclic) bond motifs is 1. The average molecular weight is 500 g/mol. The summed E-state index contributed by atoms with van der Waals surface area (Å²) < 4.78 is 13.5. The highest BCUT2D eigenvalue weighted by molar-refractivity contribution is 5.94. The molecule has 0 fully saturated rings. The Kier molecular flexibility index (Phi) is 9.19. The summed E-state index contributed by atoms with van der Waals surface area (Å²) in [4.78, 5) is 17.2. The van der Waals surface area contributed by atoms with Crippen LogP contribution < -0.4 is 14.8 Å². The molecule has 0 aliphatic carbocycles. The molecule has 6 nitrogen and oxygen atoms in total. The molecule has 0 radical (unpaired) electrons. The third-order valence-electron chi connectivity index (χ3n) is 6.58. The topological polar surface area (TPSA) is 65.4 Å². The van der Waals surface area contributed by atoms with E-state index in [1.807, 2.05) is 6.07 Å². The van der Waals surface area contributed by atoms with E-state index in [4.69, 9.17) is 14.5 Å². The SMILES string of the molecule is COc1ccc(C(=O)NCCCCCc2nc3ccccc3n2CCOc2ccc(C(C)C)cc2)cc1. The molecule has 0 unspecified atom stereocenters. The summed E-state index contributed by atoms with van der Waals surface area (Å²) in [5, 5.41) is 3.00. The molecular formula is C31H37N3O3. The molecule has 1 aromatic heterocycles. The quantitative estimate of drug-likeness (QED) is 0.217. The second-order valence-electron chi connectivity index (χ2n) is 9.54. The number of amides is 1. The summed E-state index contributed by atoms with van der Waals surface area (Å²) >= 11 is 0. The first-order valence-electron chi connectivity index (χ1n) is 13.1. The van der Waals surface area contributed by atoms with Crippen LogP contribution in [0.5, 0.6) is 11.5 Å². The largest absolute Gasteiger partial charge is 0.497 e. The first-order valence-corrected chi connectivity index (χ1v) is 13.1. The summed E-state index contributed by atoms with van der Waals surface area (Å²) in [6.45, 7) is 6.39. The molecule has 0 saturated carbocycles. The third kappa shape index (κ3) is 7.13. The molecule has 194 valence electrons. The van der Waals surface area contributed by atoms with Crippen molar-refractivity contribution in [3.05, 3.63) is 89.7 Å². The first-order chi connectivity index (χ1) is 18.0. The Morgan fingerprint density at radius 2 is 1.65 bits per heavy atom. The fraction of sp³-hybridized carbons (Fsp3) is 0.355. The number of rotatable bonds is 13. The maximum absolute atomic E-state index is 12.3. The van der Waals surface area contributed by atoms with Crippen LogP contribution in [0.1, 0.15) is 60.8 Å². The highest BCUT2D eigenvalue weighted by Gasteiger charge is 2.11. The Bertz CT molecular complexity index is 1280. The molecular weight excluding hydrogens is 462 g/mol. The molecule has 37 heavy (non-hydrogen) atoms. The molecule has 1 heterocycles. The lowest BCUT2D eigenvalue weighted by atomic mass is 10.0. The summed E-state index contributed by atoms with van der Waals surface area (Å²) in [6.07, 6.45) is 3.85. The van der Waals surface area contributed by atoms with Crippen LogP contribution in [0.3, 0.4) is 0 Å². The van der Waals surface area contributed by atoms with Crippen molar-refractivity contribution in [1.82, 2.24) is 14.9 Å². The second kappa shape index (κ2) is 12.9.